The summed E-state index contributed by atoms with van der Waals surface area (Å²) in [5, 5.41) is 12.7. The number of methoxy groups -OCH3 is 1. The molecule has 2 aromatic carbocycles. The van der Waals surface area contributed by atoms with Crippen LogP contribution in [-0.2, 0) is 16.1 Å². The number of hydrogen-bond acceptors (Lipinski definition) is 8. The number of carboxylic acid groups (broad SMARTS) is 1. The fourth-order valence-electron chi connectivity index (χ4n) is 5.54. The molecule has 46 heavy (non-hydrogen) atoms. The second-order valence-corrected chi connectivity index (χ2v) is 11.3. The van der Waals surface area contributed by atoms with E-state index in [1.54, 1.807) is 9.47 Å². The van der Waals surface area contributed by atoms with E-state index in [2.05, 4.69) is 12.2 Å². The molecule has 1 aromatic heterocycles. The Morgan fingerprint density at radius 2 is 1.98 bits per heavy atom. The van der Waals surface area contributed by atoms with Crippen LogP contribution in [-0.4, -0.2) is 67.9 Å². The molecular formula is C34H45FN4O7. The molecule has 1 amide bonds. The first-order valence-corrected chi connectivity index (χ1v) is 15.5. The lowest BCUT2D eigenvalue weighted by Gasteiger charge is -2.30. The Kier molecular flexibility index (Phi) is 12.7. The maximum absolute atomic E-state index is 16.1. The lowest BCUT2D eigenvalue weighted by atomic mass is 10.0. The number of carbonyl (C=O) groups is 3. The number of carboxylic acids is 1. The van der Waals surface area contributed by atoms with Crippen molar-refractivity contribution >= 4 is 40.6 Å². The van der Waals surface area contributed by atoms with Crippen molar-refractivity contribution in [3.05, 3.63) is 63.2 Å². The van der Waals surface area contributed by atoms with Crippen LogP contribution in [0.5, 0.6) is 5.75 Å². The summed E-state index contributed by atoms with van der Waals surface area (Å²) in [5.41, 5.74) is 1.98. The maximum atomic E-state index is 16.1. The molecule has 0 spiro atoms. The molecule has 2 N–H and O–H groups in total. The van der Waals surface area contributed by atoms with Gasteiger partial charge in [-0.3, -0.25) is 9.69 Å². The number of nitrogens with one attached hydrogen (secondary N) is 1. The minimum Gasteiger partial charge on any atom is -0.492 e. The SMILES string of the molecule is CC=O.CCCCN(Cc1ccc(N2CC(CNC)OC2=O)cc1C)c1c(F)cc2c(=O)c(C(=O)O)cn(C(C)CC)c2c1OC. The molecular weight excluding hydrogens is 595 g/mol. The number of halogens is 1. The zero-order chi connectivity index (χ0) is 34.1. The number of unbranched alkanes of at least 4 members (excludes halogenated alkanes) is 1. The van der Waals surface area contributed by atoms with Gasteiger partial charge in [0.2, 0.25) is 5.43 Å². The predicted molar refractivity (Wildman–Crippen MR) is 177 cm³/mol. The molecule has 0 aliphatic carbocycles. The summed E-state index contributed by atoms with van der Waals surface area (Å²) in [5.74, 6) is -1.85. The van der Waals surface area contributed by atoms with Gasteiger partial charge in [-0.2, -0.15) is 0 Å². The fraction of sp³-hybridized carbons (Fsp3) is 0.471. The van der Waals surface area contributed by atoms with Gasteiger partial charge in [0.25, 0.3) is 0 Å². The Morgan fingerprint density at radius 1 is 1.28 bits per heavy atom. The molecule has 11 nitrogen and oxygen atoms in total. The number of aldehydes is 1. The van der Waals surface area contributed by atoms with Crippen LogP contribution < -0.4 is 25.3 Å². The number of rotatable bonds is 13. The first kappa shape index (κ1) is 36.0. The van der Waals surface area contributed by atoms with Crippen molar-refractivity contribution in [2.24, 2.45) is 0 Å². The first-order valence-electron chi connectivity index (χ1n) is 15.5. The molecule has 2 heterocycles. The summed E-state index contributed by atoms with van der Waals surface area (Å²) in [4.78, 5) is 49.9. The molecule has 1 saturated heterocycles. The van der Waals surface area contributed by atoms with E-state index in [0.717, 1.165) is 42.0 Å². The van der Waals surface area contributed by atoms with Gasteiger partial charge < -0.3 is 34.2 Å². The molecule has 2 unspecified atom stereocenters. The van der Waals surface area contributed by atoms with Crippen LogP contribution in [0.2, 0.25) is 0 Å². The molecule has 1 aliphatic heterocycles. The van der Waals surface area contributed by atoms with Gasteiger partial charge in [0, 0.05) is 37.6 Å². The van der Waals surface area contributed by atoms with Crippen LogP contribution in [0.4, 0.5) is 20.6 Å². The van der Waals surface area contributed by atoms with E-state index in [-0.39, 0.29) is 29.0 Å². The second-order valence-electron chi connectivity index (χ2n) is 11.3. The fourth-order valence-corrected chi connectivity index (χ4v) is 5.54. The first-order chi connectivity index (χ1) is 22.0. The van der Waals surface area contributed by atoms with Gasteiger partial charge in [-0.25, -0.2) is 14.0 Å². The highest BCUT2D eigenvalue weighted by Gasteiger charge is 2.32. The van der Waals surface area contributed by atoms with E-state index in [0.29, 0.717) is 38.1 Å². The van der Waals surface area contributed by atoms with E-state index < -0.39 is 28.9 Å². The number of fused-ring (bicyclic) bond motifs is 1. The summed E-state index contributed by atoms with van der Waals surface area (Å²) in [6.07, 6.45) is 3.76. The topological polar surface area (TPSA) is 130 Å². The van der Waals surface area contributed by atoms with E-state index in [1.807, 2.05) is 50.9 Å². The maximum Gasteiger partial charge on any atom is 0.414 e. The molecule has 12 heteroatoms. The molecule has 2 atom stereocenters. The average molecular weight is 641 g/mol. The Labute approximate surface area is 268 Å². The van der Waals surface area contributed by atoms with Gasteiger partial charge in [0.1, 0.15) is 23.6 Å². The van der Waals surface area contributed by atoms with Crippen LogP contribution in [0.1, 0.15) is 74.5 Å². The van der Waals surface area contributed by atoms with Crippen LogP contribution in [0.3, 0.4) is 0 Å². The van der Waals surface area contributed by atoms with E-state index in [9.17, 15) is 19.5 Å². The highest BCUT2D eigenvalue weighted by Crippen LogP contribution is 2.40. The van der Waals surface area contributed by atoms with E-state index in [4.69, 9.17) is 14.3 Å². The summed E-state index contributed by atoms with van der Waals surface area (Å²) < 4.78 is 29.1. The third-order valence-electron chi connectivity index (χ3n) is 8.10. The monoisotopic (exact) mass is 640 g/mol. The standard InChI is InChI=1S/C32H41FN4O6.C2H4O/c1-7-9-12-35(16-21-10-11-22(13-19(21)3)37-17-23(15-34-5)43-32(37)41)28-26(33)14-24-27(30(28)42-6)36(20(4)8-2)18-25(29(24)38)31(39)40;1-2-3/h10-11,13-14,18,20,23,34H,7-9,12,15-17H2,1-6H3,(H,39,40);2H,1H3. The van der Waals surface area contributed by atoms with Gasteiger partial charge in [0.05, 0.1) is 24.6 Å². The van der Waals surface area contributed by atoms with Crippen molar-refractivity contribution < 1.29 is 33.4 Å². The van der Waals surface area contributed by atoms with Gasteiger partial charge in [-0.15, -0.1) is 0 Å². The van der Waals surface area contributed by atoms with Crippen molar-refractivity contribution in [1.82, 2.24) is 9.88 Å². The summed E-state index contributed by atoms with van der Waals surface area (Å²) in [6.45, 7) is 11.2. The largest absolute Gasteiger partial charge is 0.492 e. The smallest absolute Gasteiger partial charge is 0.414 e. The van der Waals surface area contributed by atoms with Crippen molar-refractivity contribution in [1.29, 1.82) is 0 Å². The van der Waals surface area contributed by atoms with Gasteiger partial charge >= 0.3 is 12.1 Å². The third kappa shape index (κ3) is 7.67. The molecule has 250 valence electrons. The molecule has 0 radical (unpaired) electrons. The number of benzene rings is 2. The number of cyclic esters (lactones) is 1. The molecule has 4 rings (SSSR count). The van der Waals surface area contributed by atoms with Crippen molar-refractivity contribution in [2.75, 3.05) is 43.6 Å². The van der Waals surface area contributed by atoms with Crippen molar-refractivity contribution in [2.45, 2.75) is 72.6 Å². The quantitative estimate of drug-likeness (QED) is 0.227. The Bertz CT molecular complexity index is 1620. The van der Waals surface area contributed by atoms with Crippen LogP contribution in [0.15, 0.2) is 35.3 Å². The zero-order valence-electron chi connectivity index (χ0n) is 27.7. The van der Waals surface area contributed by atoms with Gasteiger partial charge in [0.15, 0.2) is 11.6 Å². The predicted octanol–water partition coefficient (Wildman–Crippen LogP) is 5.68. The molecule has 1 aliphatic rings. The lowest BCUT2D eigenvalue weighted by molar-refractivity contribution is -0.106. The van der Waals surface area contributed by atoms with E-state index in [1.165, 1.54) is 20.2 Å². The van der Waals surface area contributed by atoms with Gasteiger partial charge in [-0.1, -0.05) is 26.3 Å². The minimum absolute atomic E-state index is 0.0386. The molecule has 0 bridgehead atoms. The summed E-state index contributed by atoms with van der Waals surface area (Å²) >= 11 is 0. The van der Waals surface area contributed by atoms with Crippen LogP contribution in [0, 0.1) is 12.7 Å². The Morgan fingerprint density at radius 3 is 2.54 bits per heavy atom. The van der Waals surface area contributed by atoms with E-state index >= 15 is 4.39 Å². The van der Waals surface area contributed by atoms with Gasteiger partial charge in [-0.05, 0) is 70.0 Å². The number of carbonyl (C=O) groups excluding carboxylic acids is 2. The number of aryl methyl sites for hydroxylation is 1. The average Bonchev–Trinajstić information content (AvgIpc) is 3.39. The summed E-state index contributed by atoms with van der Waals surface area (Å²) in [7, 11) is 3.24. The van der Waals surface area contributed by atoms with Crippen molar-refractivity contribution in [3.8, 4) is 5.75 Å². The lowest BCUT2D eigenvalue weighted by Crippen LogP contribution is -2.29. The highest BCUT2D eigenvalue weighted by atomic mass is 19.1. The third-order valence-corrected chi connectivity index (χ3v) is 8.10. The number of aromatic carboxylic acids is 1. The number of anilines is 2. The number of ether oxygens (including phenoxy) is 2. The van der Waals surface area contributed by atoms with Crippen molar-refractivity contribution in [3.63, 3.8) is 0 Å². The Hall–Kier alpha value is -4.45. The number of hydrogen-bond donors (Lipinski definition) is 2. The highest BCUT2D eigenvalue weighted by molar-refractivity contribution is 5.97. The van der Waals surface area contributed by atoms with Crippen LogP contribution >= 0.6 is 0 Å². The Balaban J connectivity index is 0.00000185. The molecule has 0 saturated carbocycles. The number of likely N-dealkylation sites (N-methyl/N-ethyl adjacent to an activating group) is 1. The molecule has 1 fully saturated rings. The summed E-state index contributed by atoms with van der Waals surface area (Å²) in [6, 6.07) is 6.68. The zero-order valence-corrected chi connectivity index (χ0v) is 27.7. The second kappa shape index (κ2) is 16.2. The van der Waals surface area contributed by atoms with Crippen LogP contribution in [0.25, 0.3) is 10.9 Å². The number of amides is 1. The number of pyridine rings is 1. The number of aromatic nitrogens is 1. The molecule has 3 aromatic rings. The normalized spacial score (nSPS) is 14.8. The number of nitrogens with zero attached hydrogens (tertiary/aromatic N) is 3. The minimum atomic E-state index is -1.37.